The zero-order valence-electron chi connectivity index (χ0n) is 17.8. The third-order valence-corrected chi connectivity index (χ3v) is 7.79. The number of nitriles is 1. The minimum absolute atomic E-state index is 0.0926. The number of hydrogen-bond acceptors (Lipinski definition) is 5. The highest BCUT2D eigenvalue weighted by Gasteiger charge is 2.41. The molecule has 0 spiro atoms. The average Bonchev–Trinajstić information content (AvgIpc) is 2.80. The Kier molecular flexibility index (Phi) is 6.64. The minimum atomic E-state index is -0.157. The predicted molar refractivity (Wildman–Crippen MR) is 127 cm³/mol. The standard InChI is InChI=1S/C25H29FN4S/c1-2-25-14-19(16-28)24(29-22-8-6-21(26)7-9-22)13-20(25)10-11-30(17-25)31-23-5-3-4-18(12-23)15-27/h2-3,5-6,8,13,16,18,23H,1,4,7,9-12,14,17,28H2. The molecule has 4 rings (SSSR count). The van der Waals surface area contributed by atoms with Gasteiger partial charge in [-0.15, -0.1) is 6.58 Å². The summed E-state index contributed by atoms with van der Waals surface area (Å²) in [7, 11) is 0. The predicted octanol–water partition coefficient (Wildman–Crippen LogP) is 5.52. The van der Waals surface area contributed by atoms with Crippen LogP contribution in [0.4, 0.5) is 4.39 Å². The summed E-state index contributed by atoms with van der Waals surface area (Å²) in [5.74, 6) is 0.0266. The molecule has 3 unspecified atom stereocenters. The van der Waals surface area contributed by atoms with Crippen LogP contribution < -0.4 is 5.73 Å². The molecule has 1 saturated heterocycles. The first-order chi connectivity index (χ1) is 15.0. The van der Waals surface area contributed by atoms with E-state index in [4.69, 9.17) is 10.7 Å². The number of nitrogens with two attached hydrogens (primary N) is 1. The quantitative estimate of drug-likeness (QED) is 0.466. The fourth-order valence-corrected chi connectivity index (χ4v) is 6.13. The van der Waals surface area contributed by atoms with Crippen LogP contribution in [0.15, 0.2) is 76.9 Å². The van der Waals surface area contributed by atoms with Crippen LogP contribution in [0.5, 0.6) is 0 Å². The van der Waals surface area contributed by atoms with Gasteiger partial charge in [0.2, 0.25) is 0 Å². The number of allylic oxidation sites excluding steroid dienone is 7. The summed E-state index contributed by atoms with van der Waals surface area (Å²) in [6.45, 7) is 6.01. The first-order valence-corrected chi connectivity index (χ1v) is 11.8. The summed E-state index contributed by atoms with van der Waals surface area (Å²) in [6, 6.07) is 2.42. The number of hydrogen-bond donors (Lipinski definition) is 1. The highest BCUT2D eigenvalue weighted by molar-refractivity contribution is 7.97. The van der Waals surface area contributed by atoms with Crippen molar-refractivity contribution in [3.63, 3.8) is 0 Å². The maximum absolute atomic E-state index is 13.3. The Bertz CT molecular complexity index is 964. The molecule has 0 bridgehead atoms. The molecule has 1 heterocycles. The Balaban J connectivity index is 1.54. The van der Waals surface area contributed by atoms with E-state index in [1.165, 1.54) is 11.6 Å². The number of nitrogens with zero attached hydrogens (tertiary/aromatic N) is 3. The van der Waals surface area contributed by atoms with Crippen molar-refractivity contribution in [2.75, 3.05) is 13.1 Å². The largest absolute Gasteiger partial charge is 0.404 e. The van der Waals surface area contributed by atoms with E-state index >= 15 is 0 Å². The molecule has 2 N–H and O–H groups in total. The molecule has 0 aromatic rings. The smallest absolute Gasteiger partial charge is 0.100 e. The molecule has 1 aliphatic heterocycles. The van der Waals surface area contributed by atoms with Crippen LogP contribution in [0.25, 0.3) is 0 Å². The molecule has 4 aliphatic rings. The van der Waals surface area contributed by atoms with Gasteiger partial charge in [0.05, 0.1) is 17.7 Å². The van der Waals surface area contributed by atoms with Crippen molar-refractivity contribution in [1.29, 1.82) is 5.26 Å². The number of fused-ring (bicyclic) bond motifs is 1. The SMILES string of the molecule is C=CC12CC(=CN)C(=NC3=CC=C(F)CC3)C=C1CCN(SC1C=CCC(C#N)C1)C2. The van der Waals surface area contributed by atoms with Crippen LogP contribution in [0.1, 0.15) is 38.5 Å². The number of aliphatic imine (C=N–C) groups is 1. The van der Waals surface area contributed by atoms with Crippen LogP contribution in [0.2, 0.25) is 0 Å². The van der Waals surface area contributed by atoms with Gasteiger partial charge in [-0.2, -0.15) is 5.26 Å². The van der Waals surface area contributed by atoms with Crippen LogP contribution in [-0.2, 0) is 0 Å². The highest BCUT2D eigenvalue weighted by Crippen LogP contribution is 2.47. The van der Waals surface area contributed by atoms with Gasteiger partial charge in [0.1, 0.15) is 5.83 Å². The van der Waals surface area contributed by atoms with Crippen molar-refractivity contribution >= 4 is 17.7 Å². The van der Waals surface area contributed by atoms with Gasteiger partial charge in [-0.05, 0) is 62.1 Å². The maximum atomic E-state index is 13.3. The average molecular weight is 437 g/mol. The second-order valence-electron chi connectivity index (χ2n) is 8.65. The molecular formula is C25H29FN4S. The maximum Gasteiger partial charge on any atom is 0.100 e. The van der Waals surface area contributed by atoms with E-state index in [-0.39, 0.29) is 17.2 Å². The van der Waals surface area contributed by atoms with Crippen LogP contribution in [0.3, 0.4) is 0 Å². The summed E-state index contributed by atoms with van der Waals surface area (Å²) in [5.41, 5.74) is 9.99. The molecule has 3 aliphatic carbocycles. The number of piperidine rings is 1. The molecule has 3 atom stereocenters. The molecule has 0 amide bonds. The van der Waals surface area contributed by atoms with Gasteiger partial charge in [0, 0.05) is 35.9 Å². The lowest BCUT2D eigenvalue weighted by molar-refractivity contribution is 0.277. The van der Waals surface area contributed by atoms with Gasteiger partial charge in [-0.3, -0.25) is 4.99 Å². The van der Waals surface area contributed by atoms with Crippen molar-refractivity contribution in [3.8, 4) is 6.07 Å². The third kappa shape index (κ3) is 4.78. The number of rotatable bonds is 4. The van der Waals surface area contributed by atoms with Crippen molar-refractivity contribution in [2.24, 2.45) is 22.1 Å². The molecule has 6 heteroatoms. The van der Waals surface area contributed by atoms with E-state index in [0.29, 0.717) is 18.1 Å². The molecule has 4 nitrogen and oxygen atoms in total. The fraction of sp³-hybridized carbons (Fsp3) is 0.440. The normalized spacial score (nSPS) is 33.9. The first kappa shape index (κ1) is 21.9. The van der Waals surface area contributed by atoms with Crippen LogP contribution in [0, 0.1) is 22.7 Å². The van der Waals surface area contributed by atoms with E-state index in [0.717, 1.165) is 55.8 Å². The molecular weight excluding hydrogens is 407 g/mol. The zero-order valence-corrected chi connectivity index (χ0v) is 18.6. The lowest BCUT2D eigenvalue weighted by Crippen LogP contribution is -2.44. The van der Waals surface area contributed by atoms with E-state index in [9.17, 15) is 9.65 Å². The van der Waals surface area contributed by atoms with Gasteiger partial charge >= 0.3 is 0 Å². The Labute approximate surface area is 188 Å². The van der Waals surface area contributed by atoms with Crippen LogP contribution >= 0.6 is 11.9 Å². The van der Waals surface area contributed by atoms with E-state index in [1.807, 2.05) is 11.9 Å². The molecule has 0 radical (unpaired) electrons. The summed E-state index contributed by atoms with van der Waals surface area (Å²) >= 11 is 1.86. The molecule has 31 heavy (non-hydrogen) atoms. The van der Waals surface area contributed by atoms with Gasteiger partial charge in [-0.25, -0.2) is 8.70 Å². The summed E-state index contributed by atoms with van der Waals surface area (Å²) in [5, 5.41) is 9.63. The van der Waals surface area contributed by atoms with E-state index < -0.39 is 0 Å². The summed E-state index contributed by atoms with van der Waals surface area (Å²) in [6.07, 6.45) is 18.1. The minimum Gasteiger partial charge on any atom is -0.404 e. The molecule has 0 aromatic carbocycles. The second kappa shape index (κ2) is 9.42. The molecule has 162 valence electrons. The van der Waals surface area contributed by atoms with Crippen molar-refractivity contribution in [1.82, 2.24) is 4.31 Å². The topological polar surface area (TPSA) is 65.4 Å². The van der Waals surface area contributed by atoms with E-state index in [2.05, 4.69) is 41.3 Å². The van der Waals surface area contributed by atoms with Gasteiger partial charge in [-0.1, -0.05) is 35.7 Å². The highest BCUT2D eigenvalue weighted by atomic mass is 32.2. The van der Waals surface area contributed by atoms with Gasteiger partial charge in [0.15, 0.2) is 0 Å². The Hall–Kier alpha value is -2.36. The molecule has 0 saturated carbocycles. The summed E-state index contributed by atoms with van der Waals surface area (Å²) < 4.78 is 15.8. The fourth-order valence-electron chi connectivity index (χ4n) is 4.74. The number of halogens is 1. The molecule has 0 aromatic heterocycles. The zero-order chi connectivity index (χ0) is 21.8. The Morgan fingerprint density at radius 2 is 2.23 bits per heavy atom. The molecule has 1 fully saturated rings. The lowest BCUT2D eigenvalue weighted by Gasteiger charge is -2.46. The third-order valence-electron chi connectivity index (χ3n) is 6.56. The van der Waals surface area contributed by atoms with Crippen LogP contribution in [-0.4, -0.2) is 28.4 Å². The van der Waals surface area contributed by atoms with Crippen molar-refractivity contribution < 1.29 is 4.39 Å². The van der Waals surface area contributed by atoms with Gasteiger partial charge in [0.25, 0.3) is 0 Å². The first-order valence-electron chi connectivity index (χ1n) is 10.9. The van der Waals surface area contributed by atoms with Crippen molar-refractivity contribution in [2.45, 2.75) is 43.8 Å². The summed E-state index contributed by atoms with van der Waals surface area (Å²) in [4.78, 5) is 4.82. The lowest BCUT2D eigenvalue weighted by atomic mass is 9.67. The second-order valence-corrected chi connectivity index (χ2v) is 9.98. The van der Waals surface area contributed by atoms with Gasteiger partial charge < -0.3 is 5.73 Å². The monoisotopic (exact) mass is 436 g/mol. The Morgan fingerprint density at radius 3 is 2.94 bits per heavy atom. The van der Waals surface area contributed by atoms with E-state index in [1.54, 1.807) is 12.3 Å². The van der Waals surface area contributed by atoms with Crippen molar-refractivity contribution in [3.05, 3.63) is 71.9 Å². The Morgan fingerprint density at radius 1 is 1.35 bits per heavy atom.